The number of carbonyl (C=O) groups is 3. The number of hydrogen-bond acceptors (Lipinski definition) is 8. The number of non-ortho nitro benzene ring substituents is 1. The van der Waals surface area contributed by atoms with Gasteiger partial charge in [-0.25, -0.2) is 4.79 Å². The van der Waals surface area contributed by atoms with Crippen LogP contribution in [0.25, 0.3) is 11.1 Å². The monoisotopic (exact) mass is 363 g/mol. The number of esters is 1. The van der Waals surface area contributed by atoms with Crippen LogP contribution in [-0.2, 0) is 25.7 Å². The van der Waals surface area contributed by atoms with Gasteiger partial charge in [-0.3, -0.25) is 34.0 Å². The molecule has 0 atom stereocenters. The van der Waals surface area contributed by atoms with Crippen molar-refractivity contribution in [2.75, 3.05) is 13.2 Å². The summed E-state index contributed by atoms with van der Waals surface area (Å²) in [5, 5.41) is 10.7. The van der Waals surface area contributed by atoms with Crippen molar-refractivity contribution in [2.24, 2.45) is 0 Å². The third kappa shape index (κ3) is 3.31. The summed E-state index contributed by atoms with van der Waals surface area (Å²) in [5.74, 6) is -2.71. The molecule has 1 aliphatic rings. The summed E-state index contributed by atoms with van der Waals surface area (Å²) in [6.07, 6.45) is 0.850. The van der Waals surface area contributed by atoms with Crippen LogP contribution in [0.5, 0.6) is 0 Å². The SMILES string of the molecule is O=C(Cn1c(=O)oc2cc([N+](=O)[O-])ccc21)OCC(=O)N1CCCC1=O. The molecule has 2 amide bonds. The highest BCUT2D eigenvalue weighted by Gasteiger charge is 2.27. The molecule has 0 radical (unpaired) electrons. The van der Waals surface area contributed by atoms with Gasteiger partial charge in [-0.15, -0.1) is 0 Å². The van der Waals surface area contributed by atoms with Gasteiger partial charge in [0.2, 0.25) is 5.91 Å². The second kappa shape index (κ2) is 6.78. The summed E-state index contributed by atoms with van der Waals surface area (Å²) in [6.45, 7) is -0.856. The minimum Gasteiger partial charge on any atom is -0.454 e. The predicted octanol–water partition coefficient (Wildman–Crippen LogP) is 0.195. The molecule has 1 aromatic carbocycles. The Labute approximate surface area is 144 Å². The van der Waals surface area contributed by atoms with E-state index in [4.69, 9.17) is 9.15 Å². The number of aromatic nitrogens is 1. The minimum absolute atomic E-state index is 0.0456. The maximum Gasteiger partial charge on any atom is 0.420 e. The molecule has 0 unspecified atom stereocenters. The summed E-state index contributed by atoms with van der Waals surface area (Å²) < 4.78 is 10.6. The van der Waals surface area contributed by atoms with Crippen molar-refractivity contribution in [1.82, 2.24) is 9.47 Å². The molecule has 1 fully saturated rings. The van der Waals surface area contributed by atoms with Gasteiger partial charge in [0.15, 0.2) is 12.2 Å². The zero-order chi connectivity index (χ0) is 18.8. The van der Waals surface area contributed by atoms with E-state index in [-0.39, 0.29) is 29.1 Å². The van der Waals surface area contributed by atoms with Gasteiger partial charge in [-0.05, 0) is 12.5 Å². The number of likely N-dealkylation sites (tertiary alicyclic amines) is 1. The molecular formula is C15H13N3O8. The van der Waals surface area contributed by atoms with Gasteiger partial charge in [0, 0.05) is 19.0 Å². The van der Waals surface area contributed by atoms with E-state index in [0.29, 0.717) is 13.0 Å². The number of benzene rings is 1. The molecule has 0 bridgehead atoms. The summed E-state index contributed by atoms with van der Waals surface area (Å²) in [4.78, 5) is 58.1. The first-order valence-corrected chi connectivity index (χ1v) is 7.63. The average molecular weight is 363 g/mol. The lowest BCUT2D eigenvalue weighted by Gasteiger charge is -2.13. The number of ether oxygens (including phenoxy) is 1. The molecule has 2 aromatic rings. The number of fused-ring (bicyclic) bond motifs is 1. The van der Waals surface area contributed by atoms with E-state index in [9.17, 15) is 29.3 Å². The van der Waals surface area contributed by atoms with Crippen LogP contribution in [0.3, 0.4) is 0 Å². The maximum atomic E-state index is 11.9. The molecule has 1 aromatic heterocycles. The maximum absolute atomic E-state index is 11.9. The largest absolute Gasteiger partial charge is 0.454 e. The molecular weight excluding hydrogens is 350 g/mol. The number of nitro benzene ring substituents is 1. The van der Waals surface area contributed by atoms with E-state index in [1.807, 2.05) is 0 Å². The van der Waals surface area contributed by atoms with Crippen LogP contribution in [0.4, 0.5) is 5.69 Å². The lowest BCUT2D eigenvalue weighted by Crippen LogP contribution is -2.36. The summed E-state index contributed by atoms with van der Waals surface area (Å²) in [7, 11) is 0. The van der Waals surface area contributed by atoms with Gasteiger partial charge in [-0.1, -0.05) is 0 Å². The molecule has 3 rings (SSSR count). The number of carbonyl (C=O) groups excluding carboxylic acids is 3. The molecule has 0 spiro atoms. The molecule has 11 heteroatoms. The first-order chi connectivity index (χ1) is 12.4. The van der Waals surface area contributed by atoms with Crippen molar-refractivity contribution >= 4 is 34.6 Å². The fourth-order valence-electron chi connectivity index (χ4n) is 2.63. The number of oxazole rings is 1. The van der Waals surface area contributed by atoms with Crippen molar-refractivity contribution in [3.8, 4) is 0 Å². The van der Waals surface area contributed by atoms with Crippen molar-refractivity contribution in [3.63, 3.8) is 0 Å². The van der Waals surface area contributed by atoms with Crippen LogP contribution in [0.2, 0.25) is 0 Å². The fraction of sp³-hybridized carbons (Fsp3) is 0.333. The number of nitrogens with zero attached hydrogens (tertiary/aromatic N) is 3. The van der Waals surface area contributed by atoms with Crippen molar-refractivity contribution in [3.05, 3.63) is 38.9 Å². The van der Waals surface area contributed by atoms with Gasteiger partial charge >= 0.3 is 11.7 Å². The first-order valence-electron chi connectivity index (χ1n) is 7.63. The number of imide groups is 1. The zero-order valence-corrected chi connectivity index (χ0v) is 13.4. The second-order valence-corrected chi connectivity index (χ2v) is 5.57. The van der Waals surface area contributed by atoms with Crippen molar-refractivity contribution in [1.29, 1.82) is 0 Å². The Morgan fingerprint density at radius 1 is 1.31 bits per heavy atom. The highest BCUT2D eigenvalue weighted by molar-refractivity contribution is 5.97. The van der Waals surface area contributed by atoms with E-state index in [2.05, 4.69) is 0 Å². The van der Waals surface area contributed by atoms with E-state index in [1.54, 1.807) is 0 Å². The number of hydrogen-bond donors (Lipinski definition) is 0. The van der Waals surface area contributed by atoms with Gasteiger partial charge in [0.05, 0.1) is 16.5 Å². The van der Waals surface area contributed by atoms with Crippen LogP contribution in [0.1, 0.15) is 12.8 Å². The molecule has 0 saturated carbocycles. The Hall–Kier alpha value is -3.50. The highest BCUT2D eigenvalue weighted by atomic mass is 16.6. The second-order valence-electron chi connectivity index (χ2n) is 5.57. The Morgan fingerprint density at radius 2 is 2.08 bits per heavy atom. The first kappa shape index (κ1) is 17.3. The molecule has 11 nitrogen and oxygen atoms in total. The number of amides is 2. The Kier molecular flexibility index (Phi) is 4.52. The third-order valence-electron chi connectivity index (χ3n) is 3.88. The molecule has 0 aliphatic carbocycles. The highest BCUT2D eigenvalue weighted by Crippen LogP contribution is 2.20. The quantitative estimate of drug-likeness (QED) is 0.416. The van der Waals surface area contributed by atoms with Crippen LogP contribution < -0.4 is 5.76 Å². The van der Waals surface area contributed by atoms with E-state index in [1.165, 1.54) is 12.1 Å². The van der Waals surface area contributed by atoms with Gasteiger partial charge < -0.3 is 9.15 Å². The van der Waals surface area contributed by atoms with Crippen LogP contribution in [-0.4, -0.2) is 45.3 Å². The molecule has 136 valence electrons. The number of rotatable bonds is 5. The van der Waals surface area contributed by atoms with E-state index in [0.717, 1.165) is 15.5 Å². The standard InChI is InChI=1S/C15H13N3O8/c19-12-2-1-5-16(12)13(20)8-25-14(21)7-17-10-4-3-9(18(23)24)6-11(10)26-15(17)22/h3-4,6H,1-2,5,7-8H2. The Balaban J connectivity index is 1.68. The van der Waals surface area contributed by atoms with Crippen LogP contribution >= 0.6 is 0 Å². The van der Waals surface area contributed by atoms with Crippen LogP contribution in [0, 0.1) is 10.1 Å². The molecule has 1 saturated heterocycles. The summed E-state index contributed by atoms with van der Waals surface area (Å²) in [6, 6.07) is 3.52. The van der Waals surface area contributed by atoms with Crippen molar-refractivity contribution < 1.29 is 28.5 Å². The Bertz CT molecular complexity index is 973. The summed E-state index contributed by atoms with van der Waals surface area (Å²) >= 11 is 0. The topological polar surface area (TPSA) is 142 Å². The lowest BCUT2D eigenvalue weighted by atomic mass is 10.3. The smallest absolute Gasteiger partial charge is 0.420 e. The van der Waals surface area contributed by atoms with Gasteiger partial charge in [-0.2, -0.15) is 0 Å². The predicted molar refractivity (Wildman–Crippen MR) is 84.0 cm³/mol. The minimum atomic E-state index is -0.890. The fourth-order valence-corrected chi connectivity index (χ4v) is 2.63. The lowest BCUT2D eigenvalue weighted by molar-refractivity contribution is -0.384. The molecule has 26 heavy (non-hydrogen) atoms. The van der Waals surface area contributed by atoms with E-state index >= 15 is 0 Å². The van der Waals surface area contributed by atoms with E-state index < -0.39 is 35.7 Å². The molecule has 1 aliphatic heterocycles. The van der Waals surface area contributed by atoms with Crippen molar-refractivity contribution in [2.45, 2.75) is 19.4 Å². The normalized spacial score (nSPS) is 14.0. The van der Waals surface area contributed by atoms with Gasteiger partial charge in [0.25, 0.3) is 11.6 Å². The molecule has 2 heterocycles. The van der Waals surface area contributed by atoms with Gasteiger partial charge in [0.1, 0.15) is 6.54 Å². The van der Waals surface area contributed by atoms with Crippen LogP contribution in [0.15, 0.2) is 27.4 Å². The summed E-state index contributed by atoms with van der Waals surface area (Å²) in [5.41, 5.74) is -0.129. The number of nitro groups is 1. The average Bonchev–Trinajstić information content (AvgIpc) is 3.15. The zero-order valence-electron chi connectivity index (χ0n) is 13.4. The Morgan fingerprint density at radius 3 is 2.73 bits per heavy atom. The third-order valence-corrected chi connectivity index (χ3v) is 3.88. The molecule has 0 N–H and O–H groups in total.